The molecule has 0 aromatic heterocycles. The third-order valence-corrected chi connectivity index (χ3v) is 1.84. The number of nitrogens with one attached hydrogen (secondary N) is 1. The van der Waals surface area contributed by atoms with E-state index in [4.69, 9.17) is 4.74 Å². The lowest BCUT2D eigenvalue weighted by molar-refractivity contribution is -0.129. The SMILES string of the molecule is CCOC(=O)Nc1ccccc1COC=O. The van der Waals surface area contributed by atoms with E-state index in [1.165, 1.54) is 0 Å². The number of ether oxygens (including phenoxy) is 2. The van der Waals surface area contributed by atoms with Crippen molar-refractivity contribution in [3.05, 3.63) is 29.8 Å². The standard InChI is InChI=1S/C11H13NO4/c1-2-16-11(14)12-10-6-4-3-5-9(10)7-15-8-13/h3-6,8H,2,7H2,1H3,(H,12,14). The molecule has 0 aliphatic carbocycles. The van der Waals surface area contributed by atoms with Gasteiger partial charge in [0.15, 0.2) is 0 Å². The number of rotatable bonds is 5. The maximum absolute atomic E-state index is 11.2. The largest absolute Gasteiger partial charge is 0.463 e. The summed E-state index contributed by atoms with van der Waals surface area (Å²) in [5, 5.41) is 2.56. The van der Waals surface area contributed by atoms with Crippen LogP contribution in [0.2, 0.25) is 0 Å². The van der Waals surface area contributed by atoms with Crippen LogP contribution in [0.1, 0.15) is 12.5 Å². The Hall–Kier alpha value is -2.04. The van der Waals surface area contributed by atoms with Crippen LogP contribution in [-0.4, -0.2) is 19.2 Å². The van der Waals surface area contributed by atoms with E-state index >= 15 is 0 Å². The second-order valence-corrected chi connectivity index (χ2v) is 2.91. The average Bonchev–Trinajstić information content (AvgIpc) is 2.28. The van der Waals surface area contributed by atoms with Gasteiger partial charge >= 0.3 is 6.09 Å². The highest BCUT2D eigenvalue weighted by Gasteiger charge is 2.06. The number of carbonyl (C=O) groups is 2. The van der Waals surface area contributed by atoms with Gasteiger partial charge in [0, 0.05) is 5.56 Å². The summed E-state index contributed by atoms with van der Waals surface area (Å²) in [7, 11) is 0. The van der Waals surface area contributed by atoms with Crippen molar-refractivity contribution in [1.82, 2.24) is 0 Å². The van der Waals surface area contributed by atoms with Gasteiger partial charge in [-0.1, -0.05) is 18.2 Å². The zero-order valence-corrected chi connectivity index (χ0v) is 8.93. The molecule has 1 rings (SSSR count). The fraction of sp³-hybridized carbons (Fsp3) is 0.273. The van der Waals surface area contributed by atoms with Crippen LogP contribution in [0.25, 0.3) is 0 Å². The highest BCUT2D eigenvalue weighted by atomic mass is 16.5. The summed E-state index contributed by atoms with van der Waals surface area (Å²) in [5.74, 6) is 0. The number of para-hydroxylation sites is 1. The molecule has 0 fully saturated rings. The second-order valence-electron chi connectivity index (χ2n) is 2.91. The van der Waals surface area contributed by atoms with Crippen molar-refractivity contribution in [3.8, 4) is 0 Å². The van der Waals surface area contributed by atoms with Crippen molar-refractivity contribution in [1.29, 1.82) is 0 Å². The summed E-state index contributed by atoms with van der Waals surface area (Å²) in [4.78, 5) is 21.3. The van der Waals surface area contributed by atoms with E-state index in [0.717, 1.165) is 0 Å². The summed E-state index contributed by atoms with van der Waals surface area (Å²) in [6.45, 7) is 2.51. The Morgan fingerprint density at radius 3 is 2.88 bits per heavy atom. The molecule has 1 aromatic rings. The van der Waals surface area contributed by atoms with Gasteiger partial charge in [-0.25, -0.2) is 4.79 Å². The highest BCUT2D eigenvalue weighted by molar-refractivity contribution is 5.85. The lowest BCUT2D eigenvalue weighted by atomic mass is 10.2. The molecule has 0 radical (unpaired) electrons. The Balaban J connectivity index is 2.70. The van der Waals surface area contributed by atoms with Gasteiger partial charge in [0.05, 0.1) is 12.3 Å². The molecule has 0 saturated heterocycles. The molecule has 1 amide bonds. The Bertz CT molecular complexity index is 365. The highest BCUT2D eigenvalue weighted by Crippen LogP contribution is 2.15. The third kappa shape index (κ3) is 3.61. The van der Waals surface area contributed by atoms with Crippen LogP contribution < -0.4 is 5.32 Å². The molecule has 0 heterocycles. The first-order valence-corrected chi connectivity index (χ1v) is 4.85. The van der Waals surface area contributed by atoms with Gasteiger partial charge in [0.1, 0.15) is 6.61 Å². The molecule has 0 bridgehead atoms. The molecule has 1 aromatic carbocycles. The van der Waals surface area contributed by atoms with E-state index in [9.17, 15) is 9.59 Å². The molecular weight excluding hydrogens is 210 g/mol. The first-order chi connectivity index (χ1) is 7.77. The van der Waals surface area contributed by atoms with Crippen LogP contribution in [0, 0.1) is 0 Å². The minimum Gasteiger partial charge on any atom is -0.463 e. The van der Waals surface area contributed by atoms with Gasteiger partial charge in [-0.3, -0.25) is 10.1 Å². The Morgan fingerprint density at radius 2 is 2.19 bits per heavy atom. The molecule has 0 atom stereocenters. The van der Waals surface area contributed by atoms with E-state index in [-0.39, 0.29) is 6.61 Å². The summed E-state index contributed by atoms with van der Waals surface area (Å²) >= 11 is 0. The van der Waals surface area contributed by atoms with Gasteiger partial charge < -0.3 is 9.47 Å². The summed E-state index contributed by atoms with van der Waals surface area (Å²) in [6.07, 6.45) is -0.527. The van der Waals surface area contributed by atoms with Crippen LogP contribution in [0.4, 0.5) is 10.5 Å². The summed E-state index contributed by atoms with van der Waals surface area (Å²) < 4.78 is 9.37. The summed E-state index contributed by atoms with van der Waals surface area (Å²) in [6, 6.07) is 7.03. The topological polar surface area (TPSA) is 64.6 Å². The number of hydrogen-bond acceptors (Lipinski definition) is 4. The van der Waals surface area contributed by atoms with Crippen molar-refractivity contribution in [2.24, 2.45) is 0 Å². The molecular formula is C11H13NO4. The quantitative estimate of drug-likeness (QED) is 0.774. The van der Waals surface area contributed by atoms with Gasteiger partial charge in [-0.15, -0.1) is 0 Å². The number of carbonyl (C=O) groups excluding carboxylic acids is 2. The van der Waals surface area contributed by atoms with Crippen molar-refractivity contribution in [3.63, 3.8) is 0 Å². The van der Waals surface area contributed by atoms with E-state index < -0.39 is 6.09 Å². The molecule has 86 valence electrons. The van der Waals surface area contributed by atoms with Gasteiger partial charge in [-0.05, 0) is 13.0 Å². The Labute approximate surface area is 93.4 Å². The Morgan fingerprint density at radius 1 is 1.44 bits per heavy atom. The maximum Gasteiger partial charge on any atom is 0.411 e. The van der Waals surface area contributed by atoms with Gasteiger partial charge in [0.25, 0.3) is 6.47 Å². The smallest absolute Gasteiger partial charge is 0.411 e. The van der Waals surface area contributed by atoms with Crippen LogP contribution >= 0.6 is 0 Å². The first kappa shape index (κ1) is 12.0. The predicted molar refractivity (Wildman–Crippen MR) is 57.9 cm³/mol. The predicted octanol–water partition coefficient (Wildman–Crippen LogP) is 1.93. The van der Waals surface area contributed by atoms with E-state index in [2.05, 4.69) is 10.1 Å². The molecule has 0 spiro atoms. The monoisotopic (exact) mass is 223 g/mol. The number of anilines is 1. The third-order valence-electron chi connectivity index (χ3n) is 1.84. The molecule has 0 unspecified atom stereocenters. The molecule has 0 aliphatic heterocycles. The molecule has 5 nitrogen and oxygen atoms in total. The molecule has 0 saturated carbocycles. The minimum absolute atomic E-state index is 0.117. The number of hydrogen-bond donors (Lipinski definition) is 1. The van der Waals surface area contributed by atoms with E-state index in [0.29, 0.717) is 24.3 Å². The zero-order valence-electron chi connectivity index (χ0n) is 8.93. The van der Waals surface area contributed by atoms with Crippen molar-refractivity contribution < 1.29 is 19.1 Å². The van der Waals surface area contributed by atoms with Gasteiger partial charge in [-0.2, -0.15) is 0 Å². The maximum atomic E-state index is 11.2. The van der Waals surface area contributed by atoms with E-state index in [1.807, 2.05) is 0 Å². The minimum atomic E-state index is -0.527. The van der Waals surface area contributed by atoms with Crippen LogP contribution in [0.3, 0.4) is 0 Å². The molecule has 16 heavy (non-hydrogen) atoms. The first-order valence-electron chi connectivity index (χ1n) is 4.85. The number of benzene rings is 1. The normalized spacial score (nSPS) is 9.31. The second kappa shape index (κ2) is 6.44. The van der Waals surface area contributed by atoms with E-state index in [1.54, 1.807) is 31.2 Å². The molecule has 1 N–H and O–H groups in total. The number of amides is 1. The Kier molecular flexibility index (Phi) is 4.85. The van der Waals surface area contributed by atoms with Crippen molar-refractivity contribution in [2.45, 2.75) is 13.5 Å². The lowest BCUT2D eigenvalue weighted by Crippen LogP contribution is -2.14. The summed E-state index contributed by atoms with van der Waals surface area (Å²) in [5.41, 5.74) is 1.28. The van der Waals surface area contributed by atoms with Crippen molar-refractivity contribution >= 4 is 18.3 Å². The average molecular weight is 223 g/mol. The fourth-order valence-corrected chi connectivity index (χ4v) is 1.17. The van der Waals surface area contributed by atoms with Crippen molar-refractivity contribution in [2.75, 3.05) is 11.9 Å². The van der Waals surface area contributed by atoms with Crippen LogP contribution in [0.15, 0.2) is 24.3 Å². The van der Waals surface area contributed by atoms with Crippen LogP contribution in [0.5, 0.6) is 0 Å². The lowest BCUT2D eigenvalue weighted by Gasteiger charge is -2.09. The molecule has 5 heteroatoms. The fourth-order valence-electron chi connectivity index (χ4n) is 1.17. The van der Waals surface area contributed by atoms with Crippen LogP contribution in [-0.2, 0) is 20.9 Å². The zero-order chi connectivity index (χ0) is 11.8. The van der Waals surface area contributed by atoms with Gasteiger partial charge in [0.2, 0.25) is 0 Å². The molecule has 0 aliphatic rings.